The quantitative estimate of drug-likeness (QED) is 0.382. The molecular weight excluding hydrogens is 444 g/mol. The maximum atomic E-state index is 11.4. The van der Waals surface area contributed by atoms with Crippen LogP contribution in [-0.4, -0.2) is 17.4 Å². The number of aromatic hydroxyl groups is 1. The fourth-order valence-electron chi connectivity index (χ4n) is 1.94. The number of benzene rings is 2. The molecule has 24 heavy (non-hydrogen) atoms. The van der Waals surface area contributed by atoms with Gasteiger partial charge in [0.05, 0.1) is 14.5 Å². The highest BCUT2D eigenvalue weighted by atomic mass is 79.9. The first kappa shape index (κ1) is 18.5. The Labute approximate surface area is 155 Å². The number of phenols is 1. The van der Waals surface area contributed by atoms with E-state index in [0.29, 0.717) is 38.0 Å². The van der Waals surface area contributed by atoms with Crippen molar-refractivity contribution in [2.45, 2.75) is 20.3 Å². The van der Waals surface area contributed by atoms with E-state index in [0.717, 1.165) is 0 Å². The smallest absolute Gasteiger partial charge is 0.310 e. The molecule has 0 saturated heterocycles. The molecule has 126 valence electrons. The summed E-state index contributed by atoms with van der Waals surface area (Å²) in [6.45, 7) is 3.38. The highest BCUT2D eigenvalue weighted by molar-refractivity contribution is 9.11. The van der Waals surface area contributed by atoms with Crippen molar-refractivity contribution in [2.24, 2.45) is 0 Å². The predicted octanol–water partition coefficient (Wildman–Crippen LogP) is 5.15. The third kappa shape index (κ3) is 4.15. The Kier molecular flexibility index (Phi) is 6.01. The van der Waals surface area contributed by atoms with Gasteiger partial charge in [0.1, 0.15) is 17.2 Å². The van der Waals surface area contributed by atoms with Crippen molar-refractivity contribution in [1.29, 1.82) is 0 Å². The summed E-state index contributed by atoms with van der Waals surface area (Å²) in [6.07, 6.45) is 0.835. The lowest BCUT2D eigenvalue weighted by molar-refractivity contribution is -0.134. The second kappa shape index (κ2) is 7.81. The predicted molar refractivity (Wildman–Crippen MR) is 96.1 cm³/mol. The van der Waals surface area contributed by atoms with Gasteiger partial charge < -0.3 is 14.6 Å². The molecule has 0 aliphatic rings. The second-order valence-corrected chi connectivity index (χ2v) is 6.65. The molecular formula is C17H14Br2O5. The summed E-state index contributed by atoms with van der Waals surface area (Å²) >= 11 is 6.74. The number of hydrogen-bond acceptors (Lipinski definition) is 5. The normalized spacial score (nSPS) is 10.3. The molecule has 0 amide bonds. The summed E-state index contributed by atoms with van der Waals surface area (Å²) in [7, 11) is 0. The molecule has 0 aliphatic heterocycles. The van der Waals surface area contributed by atoms with Crippen molar-refractivity contribution in [2.75, 3.05) is 0 Å². The Morgan fingerprint density at radius 3 is 2.33 bits per heavy atom. The van der Waals surface area contributed by atoms with Gasteiger partial charge in [-0.15, -0.1) is 0 Å². The van der Waals surface area contributed by atoms with Gasteiger partial charge in [-0.3, -0.25) is 9.59 Å². The molecule has 7 heteroatoms. The van der Waals surface area contributed by atoms with Crippen molar-refractivity contribution in [3.63, 3.8) is 0 Å². The Bertz CT molecular complexity index is 779. The van der Waals surface area contributed by atoms with Gasteiger partial charge >= 0.3 is 5.97 Å². The molecule has 2 aromatic carbocycles. The number of esters is 1. The number of carbonyl (C=O) groups excluding carboxylic acids is 2. The molecule has 0 atom stereocenters. The van der Waals surface area contributed by atoms with E-state index in [2.05, 4.69) is 31.9 Å². The number of halogens is 2. The van der Waals surface area contributed by atoms with Crippen molar-refractivity contribution >= 4 is 44.1 Å². The molecule has 2 rings (SSSR count). The second-order valence-electron chi connectivity index (χ2n) is 4.94. The molecule has 0 radical (unpaired) electrons. The largest absolute Gasteiger partial charge is 0.507 e. The molecule has 0 saturated carbocycles. The highest BCUT2D eigenvalue weighted by Crippen LogP contribution is 2.41. The zero-order chi connectivity index (χ0) is 17.9. The van der Waals surface area contributed by atoms with Crippen LogP contribution in [0.4, 0.5) is 0 Å². The van der Waals surface area contributed by atoms with Crippen molar-refractivity contribution in [3.8, 4) is 23.0 Å². The van der Waals surface area contributed by atoms with E-state index in [4.69, 9.17) is 9.47 Å². The molecule has 1 N–H and O–H groups in total. The number of aryl methyl sites for hydroxylation is 1. The van der Waals surface area contributed by atoms with Crippen LogP contribution in [0.1, 0.15) is 29.3 Å². The first-order chi connectivity index (χ1) is 11.3. The molecule has 0 heterocycles. The van der Waals surface area contributed by atoms with Crippen LogP contribution >= 0.6 is 31.9 Å². The molecule has 2 aromatic rings. The number of aldehydes is 1. The number of hydrogen-bond donors (Lipinski definition) is 1. The summed E-state index contributed by atoms with van der Waals surface area (Å²) in [5, 5.41) is 9.79. The third-order valence-electron chi connectivity index (χ3n) is 3.14. The summed E-state index contributed by atoms with van der Waals surface area (Å²) in [4.78, 5) is 22.4. The number of ether oxygens (including phenoxy) is 2. The summed E-state index contributed by atoms with van der Waals surface area (Å²) in [5.74, 6) is 0.813. The Morgan fingerprint density at radius 2 is 1.79 bits per heavy atom. The topological polar surface area (TPSA) is 72.8 Å². The first-order valence-electron chi connectivity index (χ1n) is 7.02. The van der Waals surface area contributed by atoms with Crippen LogP contribution in [0.3, 0.4) is 0 Å². The van der Waals surface area contributed by atoms with Crippen LogP contribution in [0.25, 0.3) is 0 Å². The standard InChI is InChI=1S/C17H14Br2O5/c1-3-15(21)23-12-6-13(18)17(14(19)7-12)24-11-4-9(2)16(22)10(5-11)8-20/h4-8,22H,3H2,1-2H3. The van der Waals surface area contributed by atoms with Crippen LogP contribution in [0, 0.1) is 6.92 Å². The van der Waals surface area contributed by atoms with E-state index < -0.39 is 0 Å². The molecule has 0 unspecified atom stereocenters. The van der Waals surface area contributed by atoms with Gasteiger partial charge in [-0.05, 0) is 68.6 Å². The molecule has 0 fully saturated rings. The van der Waals surface area contributed by atoms with Crippen LogP contribution in [0.15, 0.2) is 33.2 Å². The van der Waals surface area contributed by atoms with Gasteiger partial charge in [0, 0.05) is 6.42 Å². The van der Waals surface area contributed by atoms with E-state index in [-0.39, 0.29) is 23.7 Å². The molecule has 5 nitrogen and oxygen atoms in total. The van der Waals surface area contributed by atoms with Crippen LogP contribution in [0.2, 0.25) is 0 Å². The van der Waals surface area contributed by atoms with Crippen LogP contribution in [0.5, 0.6) is 23.0 Å². The van der Waals surface area contributed by atoms with Crippen molar-refractivity contribution < 1.29 is 24.2 Å². The highest BCUT2D eigenvalue weighted by Gasteiger charge is 2.14. The molecule has 0 spiro atoms. The maximum Gasteiger partial charge on any atom is 0.310 e. The van der Waals surface area contributed by atoms with E-state index >= 15 is 0 Å². The molecule has 0 bridgehead atoms. The minimum absolute atomic E-state index is 0.0719. The average Bonchev–Trinajstić information content (AvgIpc) is 2.53. The lowest BCUT2D eigenvalue weighted by Crippen LogP contribution is -2.05. The van der Waals surface area contributed by atoms with Gasteiger partial charge in [0.25, 0.3) is 0 Å². The zero-order valence-corrected chi connectivity index (χ0v) is 16.1. The summed E-state index contributed by atoms with van der Waals surface area (Å²) < 4.78 is 12.1. The monoisotopic (exact) mass is 456 g/mol. The fraction of sp³-hybridized carbons (Fsp3) is 0.176. The Balaban J connectivity index is 2.35. The minimum atomic E-state index is -0.341. The van der Waals surface area contributed by atoms with Gasteiger partial charge in [-0.25, -0.2) is 0 Å². The molecule has 0 aromatic heterocycles. The number of phenolic OH excluding ortho intramolecular Hbond substituents is 1. The zero-order valence-electron chi connectivity index (χ0n) is 12.9. The summed E-state index contributed by atoms with van der Waals surface area (Å²) in [5.41, 5.74) is 0.668. The lowest BCUT2D eigenvalue weighted by Gasteiger charge is -2.13. The third-order valence-corrected chi connectivity index (χ3v) is 4.32. The van der Waals surface area contributed by atoms with Gasteiger partial charge in [0.15, 0.2) is 12.0 Å². The van der Waals surface area contributed by atoms with E-state index in [9.17, 15) is 14.7 Å². The number of rotatable bonds is 5. The fourth-order valence-corrected chi connectivity index (χ4v) is 3.24. The van der Waals surface area contributed by atoms with E-state index in [1.54, 1.807) is 32.0 Å². The lowest BCUT2D eigenvalue weighted by atomic mass is 10.1. The summed E-state index contributed by atoms with van der Waals surface area (Å²) in [6, 6.07) is 6.29. The van der Waals surface area contributed by atoms with Crippen molar-refractivity contribution in [3.05, 3.63) is 44.3 Å². The van der Waals surface area contributed by atoms with E-state index in [1.807, 2.05) is 0 Å². The average molecular weight is 458 g/mol. The molecule has 0 aliphatic carbocycles. The SMILES string of the molecule is CCC(=O)Oc1cc(Br)c(Oc2cc(C)c(O)c(C=O)c2)c(Br)c1. The van der Waals surface area contributed by atoms with Crippen LogP contribution in [-0.2, 0) is 4.79 Å². The maximum absolute atomic E-state index is 11.4. The van der Waals surface area contributed by atoms with E-state index in [1.165, 1.54) is 6.07 Å². The van der Waals surface area contributed by atoms with Gasteiger partial charge in [0.2, 0.25) is 0 Å². The van der Waals surface area contributed by atoms with Gasteiger partial charge in [-0.1, -0.05) is 6.92 Å². The minimum Gasteiger partial charge on any atom is -0.507 e. The first-order valence-corrected chi connectivity index (χ1v) is 8.60. The van der Waals surface area contributed by atoms with Gasteiger partial charge in [-0.2, -0.15) is 0 Å². The van der Waals surface area contributed by atoms with Crippen molar-refractivity contribution in [1.82, 2.24) is 0 Å². The Morgan fingerprint density at radius 1 is 1.17 bits per heavy atom. The Hall–Kier alpha value is -1.86. The number of carbonyl (C=O) groups is 2. The van der Waals surface area contributed by atoms with Crippen LogP contribution < -0.4 is 9.47 Å².